The summed E-state index contributed by atoms with van der Waals surface area (Å²) in [6.45, 7) is 0. The summed E-state index contributed by atoms with van der Waals surface area (Å²) in [5.74, 6) is 1.16. The molecule has 9 aromatic rings. The highest BCUT2D eigenvalue weighted by Crippen LogP contribution is 2.53. The molecule has 248 valence electrons. The summed E-state index contributed by atoms with van der Waals surface area (Å²) in [5.41, 5.74) is 13.3. The molecule has 0 saturated carbocycles. The van der Waals surface area contributed by atoms with E-state index in [-0.39, 0.29) is 12.0 Å². The molecule has 2 heterocycles. The molecule has 0 bridgehead atoms. The first-order valence-electron chi connectivity index (χ1n) is 18.4. The fraction of sp³-hybridized carbons (Fsp3) is 0.0400. The maximum Gasteiger partial charge on any atom is 0.128 e. The van der Waals surface area contributed by atoms with Crippen molar-refractivity contribution in [2.24, 2.45) is 0 Å². The van der Waals surface area contributed by atoms with E-state index >= 15 is 0 Å². The smallest absolute Gasteiger partial charge is 0.128 e. The van der Waals surface area contributed by atoms with Crippen LogP contribution >= 0.6 is 0 Å². The fourth-order valence-electron chi connectivity index (χ4n) is 9.31. The molecule has 0 spiro atoms. The van der Waals surface area contributed by atoms with Gasteiger partial charge in [0.05, 0.1) is 11.0 Å². The molecule has 0 radical (unpaired) electrons. The van der Waals surface area contributed by atoms with Crippen molar-refractivity contribution in [1.29, 1.82) is 0 Å². The molecule has 0 amide bonds. The highest BCUT2D eigenvalue weighted by Gasteiger charge is 2.33. The molecule has 8 aromatic carbocycles. The van der Waals surface area contributed by atoms with E-state index in [2.05, 4.69) is 191 Å². The SMILES string of the molecule is C1=CC2Oc3ccc(N(c4ccc5c(c4)-c4c6ccccc6cc6cccc-5c46)c4ccc5c(c4)c4ccccc4n5-c4ccccc4)cc3C2C=C1. The van der Waals surface area contributed by atoms with Gasteiger partial charge < -0.3 is 14.2 Å². The molecule has 12 rings (SSSR count). The molecule has 3 nitrogen and oxygen atoms in total. The average molecular weight is 677 g/mol. The van der Waals surface area contributed by atoms with Crippen LogP contribution in [0.2, 0.25) is 0 Å². The summed E-state index contributed by atoms with van der Waals surface area (Å²) in [7, 11) is 0. The minimum Gasteiger partial charge on any atom is -0.485 e. The lowest BCUT2D eigenvalue weighted by Crippen LogP contribution is -2.15. The van der Waals surface area contributed by atoms with Crippen LogP contribution < -0.4 is 9.64 Å². The van der Waals surface area contributed by atoms with Crippen LogP contribution in [-0.2, 0) is 0 Å². The van der Waals surface area contributed by atoms with E-state index in [1.165, 1.54) is 71.2 Å². The zero-order valence-corrected chi connectivity index (χ0v) is 28.8. The van der Waals surface area contributed by atoms with Crippen LogP contribution in [0.15, 0.2) is 182 Å². The van der Waals surface area contributed by atoms with Gasteiger partial charge in [0, 0.05) is 45.0 Å². The molecule has 53 heavy (non-hydrogen) atoms. The van der Waals surface area contributed by atoms with Crippen LogP contribution in [0.25, 0.3) is 71.3 Å². The van der Waals surface area contributed by atoms with Crippen molar-refractivity contribution in [1.82, 2.24) is 4.57 Å². The zero-order chi connectivity index (χ0) is 34.6. The minimum atomic E-state index is 0.0337. The van der Waals surface area contributed by atoms with Gasteiger partial charge in [-0.05, 0) is 123 Å². The van der Waals surface area contributed by atoms with Crippen molar-refractivity contribution in [2.45, 2.75) is 12.0 Å². The molecule has 2 atom stereocenters. The van der Waals surface area contributed by atoms with Gasteiger partial charge in [-0.15, -0.1) is 0 Å². The molecular weight excluding hydrogens is 645 g/mol. The number of aromatic nitrogens is 1. The second-order valence-electron chi connectivity index (χ2n) is 14.4. The van der Waals surface area contributed by atoms with Gasteiger partial charge in [-0.2, -0.15) is 0 Å². The Balaban J connectivity index is 1.11. The van der Waals surface area contributed by atoms with Crippen molar-refractivity contribution < 1.29 is 4.74 Å². The number of rotatable bonds is 4. The summed E-state index contributed by atoms with van der Waals surface area (Å²) in [5, 5.41) is 7.65. The van der Waals surface area contributed by atoms with Gasteiger partial charge in [0.25, 0.3) is 0 Å². The number of nitrogens with zero attached hydrogens (tertiary/aromatic N) is 2. The highest BCUT2D eigenvalue weighted by molar-refractivity contribution is 6.24. The number of hydrogen-bond acceptors (Lipinski definition) is 2. The van der Waals surface area contributed by atoms with Gasteiger partial charge in [-0.3, -0.25) is 0 Å². The Bertz CT molecular complexity index is 3060. The van der Waals surface area contributed by atoms with Crippen LogP contribution in [0, 0.1) is 0 Å². The number of ether oxygens (including phenoxy) is 1. The molecule has 2 unspecified atom stereocenters. The first-order valence-corrected chi connectivity index (χ1v) is 18.4. The third kappa shape index (κ3) is 4.10. The summed E-state index contributed by atoms with van der Waals surface area (Å²) >= 11 is 0. The predicted molar refractivity (Wildman–Crippen MR) is 220 cm³/mol. The van der Waals surface area contributed by atoms with Crippen LogP contribution in [-0.4, -0.2) is 10.7 Å². The summed E-state index contributed by atoms with van der Waals surface area (Å²) in [4.78, 5) is 2.44. The van der Waals surface area contributed by atoms with Gasteiger partial charge >= 0.3 is 0 Å². The summed E-state index contributed by atoms with van der Waals surface area (Å²) < 4.78 is 8.80. The second kappa shape index (κ2) is 10.8. The van der Waals surface area contributed by atoms with Crippen molar-refractivity contribution in [3.8, 4) is 33.7 Å². The lowest BCUT2D eigenvalue weighted by molar-refractivity contribution is 0.269. The third-order valence-corrected chi connectivity index (χ3v) is 11.6. The minimum absolute atomic E-state index is 0.0337. The molecular formula is C50H32N2O. The van der Waals surface area contributed by atoms with Gasteiger partial charge in [-0.1, -0.05) is 103 Å². The molecule has 3 aliphatic rings. The number of para-hydroxylation sites is 2. The Morgan fingerprint density at radius 1 is 0.491 bits per heavy atom. The van der Waals surface area contributed by atoms with Crippen molar-refractivity contribution in [2.75, 3.05) is 4.90 Å². The van der Waals surface area contributed by atoms with E-state index in [0.29, 0.717) is 0 Å². The summed E-state index contributed by atoms with van der Waals surface area (Å²) in [6, 6.07) is 58.1. The highest BCUT2D eigenvalue weighted by atomic mass is 16.5. The number of anilines is 3. The molecule has 2 aliphatic carbocycles. The molecule has 1 aromatic heterocycles. The number of benzene rings is 8. The Morgan fingerprint density at radius 2 is 1.23 bits per heavy atom. The van der Waals surface area contributed by atoms with Crippen molar-refractivity contribution in [3.63, 3.8) is 0 Å². The maximum absolute atomic E-state index is 6.42. The second-order valence-corrected chi connectivity index (χ2v) is 14.4. The fourth-order valence-corrected chi connectivity index (χ4v) is 9.31. The van der Waals surface area contributed by atoms with Crippen molar-refractivity contribution in [3.05, 3.63) is 188 Å². The largest absolute Gasteiger partial charge is 0.485 e. The Morgan fingerprint density at radius 3 is 2.17 bits per heavy atom. The standard InChI is InChI=1S/C50H32N2O/c1-2-13-33(14-3-1)52-45-19-8-6-16-39(45)42-28-35(22-25-46(42)52)51(36-23-26-48-43(29-36)40-17-7-9-20-47(40)53-48)34-21-24-38-41-18-10-12-32-27-31-11-4-5-15-37(31)50(49(32)41)44(38)30-34/h1-30,40,47H. The van der Waals surface area contributed by atoms with Gasteiger partial charge in [-0.25, -0.2) is 0 Å². The van der Waals surface area contributed by atoms with Crippen LogP contribution in [0.4, 0.5) is 17.1 Å². The zero-order valence-electron chi connectivity index (χ0n) is 28.8. The number of allylic oxidation sites excluding steroid dienone is 2. The molecule has 0 fully saturated rings. The molecule has 0 saturated heterocycles. The van der Waals surface area contributed by atoms with E-state index in [1.807, 2.05) is 0 Å². The lowest BCUT2D eigenvalue weighted by Gasteiger charge is -2.27. The van der Waals surface area contributed by atoms with Gasteiger partial charge in [0.1, 0.15) is 11.9 Å². The first-order chi connectivity index (χ1) is 26.3. The van der Waals surface area contributed by atoms with E-state index in [0.717, 1.165) is 28.5 Å². The first kappa shape index (κ1) is 28.8. The van der Waals surface area contributed by atoms with Gasteiger partial charge in [0.15, 0.2) is 0 Å². The van der Waals surface area contributed by atoms with E-state index in [1.54, 1.807) is 0 Å². The third-order valence-electron chi connectivity index (χ3n) is 11.6. The normalized spacial score (nSPS) is 16.3. The average Bonchev–Trinajstić information content (AvgIpc) is 3.87. The van der Waals surface area contributed by atoms with Crippen LogP contribution in [0.1, 0.15) is 11.5 Å². The van der Waals surface area contributed by atoms with Gasteiger partial charge in [0.2, 0.25) is 0 Å². The van der Waals surface area contributed by atoms with E-state index in [9.17, 15) is 0 Å². The Hall–Kier alpha value is -6.84. The number of fused-ring (bicyclic) bond motifs is 11. The molecule has 0 N–H and O–H groups in total. The van der Waals surface area contributed by atoms with Crippen molar-refractivity contribution >= 4 is 60.4 Å². The Kier molecular flexibility index (Phi) is 5.89. The predicted octanol–water partition coefficient (Wildman–Crippen LogP) is 13.2. The quantitative estimate of drug-likeness (QED) is 0.173. The number of hydrogen-bond donors (Lipinski definition) is 0. The van der Waals surface area contributed by atoms with E-state index in [4.69, 9.17) is 4.74 Å². The molecule has 3 heteroatoms. The monoisotopic (exact) mass is 676 g/mol. The van der Waals surface area contributed by atoms with E-state index < -0.39 is 0 Å². The maximum atomic E-state index is 6.42. The summed E-state index contributed by atoms with van der Waals surface area (Å²) in [6.07, 6.45) is 8.71. The van der Waals surface area contributed by atoms with Crippen LogP contribution in [0.3, 0.4) is 0 Å². The topological polar surface area (TPSA) is 17.4 Å². The molecule has 1 aliphatic heterocycles. The Labute approximate surface area is 306 Å². The lowest BCUT2D eigenvalue weighted by atomic mass is 9.91. The van der Waals surface area contributed by atoms with Crippen LogP contribution in [0.5, 0.6) is 5.75 Å².